The highest BCUT2D eigenvalue weighted by Gasteiger charge is 2.11. The molecule has 0 aliphatic heterocycles. The topological polar surface area (TPSA) is 49.8 Å². The summed E-state index contributed by atoms with van der Waals surface area (Å²) in [5.74, 6) is 1.52. The van der Waals surface area contributed by atoms with E-state index in [1.165, 1.54) is 4.88 Å². The first-order valence-corrected chi connectivity index (χ1v) is 7.89. The zero-order chi connectivity index (χ0) is 14.5. The van der Waals surface area contributed by atoms with Gasteiger partial charge in [-0.3, -0.25) is 0 Å². The third kappa shape index (κ3) is 3.84. The van der Waals surface area contributed by atoms with E-state index in [2.05, 4.69) is 34.4 Å². The molecule has 0 spiro atoms. The number of hydrogen-bond donors (Lipinski definition) is 2. The first-order valence-electron chi connectivity index (χ1n) is 6.69. The predicted molar refractivity (Wildman–Crippen MR) is 86.9 cm³/mol. The first-order chi connectivity index (χ1) is 9.60. The van der Waals surface area contributed by atoms with Gasteiger partial charge in [0.2, 0.25) is 5.95 Å². The van der Waals surface area contributed by atoms with Crippen molar-refractivity contribution in [3.63, 3.8) is 0 Å². The van der Waals surface area contributed by atoms with E-state index in [4.69, 9.17) is 11.6 Å². The quantitative estimate of drug-likeness (QED) is 0.825. The van der Waals surface area contributed by atoms with Gasteiger partial charge >= 0.3 is 0 Å². The molecule has 2 aromatic heterocycles. The van der Waals surface area contributed by atoms with Gasteiger partial charge in [0, 0.05) is 23.2 Å². The van der Waals surface area contributed by atoms with Crippen molar-refractivity contribution in [2.24, 2.45) is 0 Å². The minimum Gasteiger partial charge on any atom is -0.362 e. The van der Waals surface area contributed by atoms with Crippen LogP contribution >= 0.6 is 22.9 Å². The molecule has 6 heteroatoms. The molecule has 0 fully saturated rings. The normalized spacial score (nSPS) is 12.2. The second kappa shape index (κ2) is 6.90. The molecule has 0 saturated carbocycles. The number of nitrogens with zero attached hydrogens (tertiary/aromatic N) is 2. The average Bonchev–Trinajstić information content (AvgIpc) is 2.86. The number of nitrogens with one attached hydrogen (secondary N) is 2. The summed E-state index contributed by atoms with van der Waals surface area (Å²) in [7, 11) is 0. The van der Waals surface area contributed by atoms with Crippen LogP contribution in [0.1, 0.15) is 36.8 Å². The van der Waals surface area contributed by atoms with Crippen LogP contribution in [0, 0.1) is 6.92 Å². The van der Waals surface area contributed by atoms with Crippen LogP contribution in [-0.4, -0.2) is 16.5 Å². The largest absolute Gasteiger partial charge is 0.362 e. The van der Waals surface area contributed by atoms with Crippen molar-refractivity contribution in [3.05, 3.63) is 33.1 Å². The SMILES string of the molecule is CCCNc1ncc(C)c(NC(C)c2ccc(Cl)s2)n1. The maximum atomic E-state index is 5.98. The smallest absolute Gasteiger partial charge is 0.224 e. The number of rotatable bonds is 6. The Hall–Kier alpha value is -1.33. The number of thiophene rings is 1. The molecule has 0 aliphatic rings. The van der Waals surface area contributed by atoms with E-state index in [1.54, 1.807) is 11.3 Å². The second-order valence-electron chi connectivity index (χ2n) is 4.66. The molecule has 0 aromatic carbocycles. The van der Waals surface area contributed by atoms with Crippen LogP contribution in [0.25, 0.3) is 0 Å². The average molecular weight is 311 g/mol. The molecule has 1 unspecified atom stereocenters. The molecule has 2 aromatic rings. The lowest BCUT2D eigenvalue weighted by Gasteiger charge is -2.15. The standard InChI is InChI=1S/C14H19ClN4S/c1-4-7-16-14-17-8-9(2)13(19-14)18-10(3)11-5-6-12(15)20-11/h5-6,8,10H,4,7H2,1-3H3,(H2,16,17,18,19). The Morgan fingerprint density at radius 2 is 2.20 bits per heavy atom. The van der Waals surface area contributed by atoms with Crippen LogP contribution in [0.15, 0.2) is 18.3 Å². The van der Waals surface area contributed by atoms with Gasteiger partial charge in [-0.25, -0.2) is 4.98 Å². The molecule has 2 heterocycles. The third-order valence-corrected chi connectivity index (χ3v) is 4.29. The van der Waals surface area contributed by atoms with Crippen LogP contribution in [0.2, 0.25) is 4.34 Å². The minimum atomic E-state index is 0.167. The zero-order valence-electron chi connectivity index (χ0n) is 11.9. The molecule has 0 bridgehead atoms. The van der Waals surface area contributed by atoms with E-state index in [0.717, 1.165) is 28.7 Å². The van der Waals surface area contributed by atoms with Crippen LogP contribution < -0.4 is 10.6 Å². The van der Waals surface area contributed by atoms with E-state index in [0.29, 0.717) is 5.95 Å². The van der Waals surface area contributed by atoms with Crippen molar-refractivity contribution in [1.29, 1.82) is 0 Å². The van der Waals surface area contributed by atoms with Gasteiger partial charge in [-0.2, -0.15) is 4.98 Å². The molecular formula is C14H19ClN4S. The van der Waals surface area contributed by atoms with E-state index in [-0.39, 0.29) is 6.04 Å². The summed E-state index contributed by atoms with van der Waals surface area (Å²) in [6, 6.07) is 4.12. The van der Waals surface area contributed by atoms with E-state index in [1.807, 2.05) is 25.3 Å². The van der Waals surface area contributed by atoms with Gasteiger partial charge in [0.1, 0.15) is 5.82 Å². The summed E-state index contributed by atoms with van der Waals surface area (Å²) in [6.07, 6.45) is 2.88. The van der Waals surface area contributed by atoms with Gasteiger partial charge < -0.3 is 10.6 Å². The Bertz CT molecular complexity index is 570. The fourth-order valence-corrected chi connectivity index (χ4v) is 2.81. The maximum absolute atomic E-state index is 5.98. The number of anilines is 2. The predicted octanol–water partition coefficient (Wildman–Crippen LogP) is 4.49. The van der Waals surface area contributed by atoms with Crippen molar-refractivity contribution >= 4 is 34.7 Å². The lowest BCUT2D eigenvalue weighted by atomic mass is 10.2. The molecule has 0 saturated heterocycles. The summed E-state index contributed by atoms with van der Waals surface area (Å²) in [4.78, 5) is 9.99. The van der Waals surface area contributed by atoms with Gasteiger partial charge in [-0.1, -0.05) is 18.5 Å². The first kappa shape index (κ1) is 15.1. The minimum absolute atomic E-state index is 0.167. The van der Waals surface area contributed by atoms with Gasteiger partial charge in [0.15, 0.2) is 0 Å². The molecular weight excluding hydrogens is 292 g/mol. The maximum Gasteiger partial charge on any atom is 0.224 e. The number of aromatic nitrogens is 2. The molecule has 2 N–H and O–H groups in total. The summed E-state index contributed by atoms with van der Waals surface area (Å²) >= 11 is 7.56. The van der Waals surface area contributed by atoms with Gasteiger partial charge in [-0.05, 0) is 32.4 Å². The van der Waals surface area contributed by atoms with Crippen molar-refractivity contribution in [2.75, 3.05) is 17.2 Å². The zero-order valence-corrected chi connectivity index (χ0v) is 13.5. The highest BCUT2D eigenvalue weighted by molar-refractivity contribution is 7.16. The van der Waals surface area contributed by atoms with Crippen molar-refractivity contribution in [3.8, 4) is 0 Å². The molecule has 0 aliphatic carbocycles. The van der Waals surface area contributed by atoms with Crippen LogP contribution in [0.5, 0.6) is 0 Å². The fourth-order valence-electron chi connectivity index (χ4n) is 1.75. The molecule has 108 valence electrons. The highest BCUT2D eigenvalue weighted by atomic mass is 35.5. The van der Waals surface area contributed by atoms with Crippen molar-refractivity contribution < 1.29 is 0 Å². The van der Waals surface area contributed by atoms with Crippen molar-refractivity contribution in [1.82, 2.24) is 9.97 Å². The summed E-state index contributed by atoms with van der Waals surface area (Å²) in [5, 5.41) is 6.62. The molecule has 1 atom stereocenters. The van der Waals surface area contributed by atoms with Gasteiger partial charge in [-0.15, -0.1) is 11.3 Å². The summed E-state index contributed by atoms with van der Waals surface area (Å²) in [6.45, 7) is 7.09. The third-order valence-electron chi connectivity index (χ3n) is 2.88. The summed E-state index contributed by atoms with van der Waals surface area (Å²) in [5.41, 5.74) is 1.03. The number of aryl methyl sites for hydroxylation is 1. The Morgan fingerprint density at radius 1 is 1.40 bits per heavy atom. The van der Waals surface area contributed by atoms with Crippen LogP contribution in [0.3, 0.4) is 0 Å². The number of hydrogen-bond acceptors (Lipinski definition) is 5. The molecule has 0 amide bonds. The van der Waals surface area contributed by atoms with Crippen LogP contribution in [0.4, 0.5) is 11.8 Å². The monoisotopic (exact) mass is 310 g/mol. The van der Waals surface area contributed by atoms with Crippen LogP contribution in [-0.2, 0) is 0 Å². The second-order valence-corrected chi connectivity index (χ2v) is 6.41. The molecule has 2 rings (SSSR count). The van der Waals surface area contributed by atoms with E-state index >= 15 is 0 Å². The fraction of sp³-hybridized carbons (Fsp3) is 0.429. The summed E-state index contributed by atoms with van der Waals surface area (Å²) < 4.78 is 0.804. The molecule has 4 nitrogen and oxygen atoms in total. The van der Waals surface area contributed by atoms with Gasteiger partial charge in [0.05, 0.1) is 10.4 Å². The van der Waals surface area contributed by atoms with E-state index in [9.17, 15) is 0 Å². The molecule has 20 heavy (non-hydrogen) atoms. The van der Waals surface area contributed by atoms with Gasteiger partial charge in [0.25, 0.3) is 0 Å². The Labute approximate surface area is 128 Å². The Morgan fingerprint density at radius 3 is 2.85 bits per heavy atom. The highest BCUT2D eigenvalue weighted by Crippen LogP contribution is 2.29. The lowest BCUT2D eigenvalue weighted by Crippen LogP contribution is -2.11. The number of halogens is 1. The van der Waals surface area contributed by atoms with Crippen molar-refractivity contribution in [2.45, 2.75) is 33.2 Å². The lowest BCUT2D eigenvalue weighted by molar-refractivity contribution is 0.884. The van der Waals surface area contributed by atoms with E-state index < -0.39 is 0 Å². The molecule has 0 radical (unpaired) electrons. The Kier molecular flexibility index (Phi) is 5.20. The Balaban J connectivity index is 2.11.